The number of pyridine rings is 1. The number of carbonyl (C=O) groups excluding carboxylic acids is 1. The Bertz CT molecular complexity index is 1410. The lowest BCUT2D eigenvalue weighted by molar-refractivity contribution is -0.137. The molecule has 0 unspecified atom stereocenters. The van der Waals surface area contributed by atoms with Gasteiger partial charge in [0.1, 0.15) is 4.90 Å². The van der Waals surface area contributed by atoms with Crippen LogP contribution < -0.4 is 4.90 Å². The van der Waals surface area contributed by atoms with Crippen LogP contribution in [0.1, 0.15) is 29.0 Å². The second-order valence-electron chi connectivity index (χ2n) is 10.2. The van der Waals surface area contributed by atoms with Gasteiger partial charge in [-0.1, -0.05) is 41.9 Å². The minimum atomic E-state index is -3.75. The first-order valence-electron chi connectivity index (χ1n) is 13.0. The maximum Gasteiger partial charge on any atom is 0.244 e. The Morgan fingerprint density at radius 1 is 0.947 bits per heavy atom. The minimum Gasteiger partial charge on any atom is -0.368 e. The lowest BCUT2D eigenvalue weighted by atomic mass is 9.78. The van der Waals surface area contributed by atoms with Crippen molar-refractivity contribution in [1.82, 2.24) is 14.2 Å². The molecule has 2 aliphatic rings. The number of hydrogen-bond acceptors (Lipinski definition) is 5. The Morgan fingerprint density at radius 2 is 1.71 bits per heavy atom. The van der Waals surface area contributed by atoms with Gasteiger partial charge in [-0.05, 0) is 67.1 Å². The zero-order valence-electron chi connectivity index (χ0n) is 21.8. The quantitative estimate of drug-likeness (QED) is 0.466. The van der Waals surface area contributed by atoms with E-state index in [4.69, 9.17) is 11.6 Å². The highest BCUT2D eigenvalue weighted by Crippen LogP contribution is 2.38. The lowest BCUT2D eigenvalue weighted by Crippen LogP contribution is -2.54. The van der Waals surface area contributed by atoms with Crippen LogP contribution in [0.25, 0.3) is 0 Å². The lowest BCUT2D eigenvalue weighted by Gasteiger charge is -2.42. The second kappa shape index (κ2) is 11.0. The molecule has 1 aromatic heterocycles. The molecule has 200 valence electrons. The molecule has 2 atom stereocenters. The number of carbonyl (C=O) groups is 1. The Labute approximate surface area is 230 Å². The van der Waals surface area contributed by atoms with E-state index in [1.807, 2.05) is 35.2 Å². The van der Waals surface area contributed by atoms with E-state index in [0.29, 0.717) is 44.2 Å². The molecule has 0 radical (unpaired) electrons. The maximum absolute atomic E-state index is 14.1. The first-order valence-corrected chi connectivity index (χ1v) is 14.8. The summed E-state index contributed by atoms with van der Waals surface area (Å²) in [5.74, 6) is -0.486. The minimum absolute atomic E-state index is 0.0202. The number of benzene rings is 2. The molecule has 0 N–H and O–H groups in total. The van der Waals surface area contributed by atoms with Crippen molar-refractivity contribution in [3.8, 4) is 0 Å². The highest BCUT2D eigenvalue weighted by atomic mass is 35.5. The summed E-state index contributed by atoms with van der Waals surface area (Å²) in [7, 11) is -3.75. The van der Waals surface area contributed by atoms with Crippen LogP contribution in [0.2, 0.25) is 5.02 Å². The summed E-state index contributed by atoms with van der Waals surface area (Å²) in [6.45, 7) is 7.20. The average Bonchev–Trinajstić information content (AvgIpc) is 2.94. The van der Waals surface area contributed by atoms with E-state index in [0.717, 1.165) is 22.4 Å². The number of anilines is 1. The summed E-state index contributed by atoms with van der Waals surface area (Å²) in [5, 5.41) is 0.697. The molecular weight excluding hydrogens is 520 g/mol. The number of rotatable bonds is 5. The van der Waals surface area contributed by atoms with E-state index < -0.39 is 15.9 Å². The topological polar surface area (TPSA) is 73.8 Å². The fourth-order valence-electron chi connectivity index (χ4n) is 5.74. The van der Waals surface area contributed by atoms with Gasteiger partial charge in [-0.25, -0.2) is 8.42 Å². The highest BCUT2D eigenvalue weighted by molar-refractivity contribution is 7.89. The van der Waals surface area contributed by atoms with E-state index >= 15 is 0 Å². The van der Waals surface area contributed by atoms with Crippen LogP contribution in [0.5, 0.6) is 0 Å². The molecule has 38 heavy (non-hydrogen) atoms. The van der Waals surface area contributed by atoms with E-state index in [9.17, 15) is 13.2 Å². The Balaban J connectivity index is 1.38. The summed E-state index contributed by atoms with van der Waals surface area (Å²) < 4.78 is 28.4. The van der Waals surface area contributed by atoms with E-state index in [2.05, 4.69) is 35.9 Å². The Kier molecular flexibility index (Phi) is 7.75. The summed E-state index contributed by atoms with van der Waals surface area (Å²) >= 11 is 6.25. The third kappa shape index (κ3) is 5.30. The standard InChI is InChI=1S/C29H33ClN4O3S/c1-21-6-3-4-8-25(21)26-11-13-34(38(36,37)24-7-5-12-31-19-24)20-27(26)29(35)33-16-14-32(15-17-33)28-18-23(30)10-9-22(28)2/h3-10,12,18-19,26-27H,11,13-17,20H2,1-2H3/t26-,27-/m1/s1. The summed E-state index contributed by atoms with van der Waals surface area (Å²) in [5.41, 5.74) is 4.49. The molecule has 0 bridgehead atoms. The van der Waals surface area contributed by atoms with E-state index in [-0.39, 0.29) is 23.3 Å². The number of aromatic nitrogens is 1. The van der Waals surface area contributed by atoms with E-state index in [1.54, 1.807) is 18.3 Å². The normalized spacial score (nSPS) is 20.9. The van der Waals surface area contributed by atoms with Gasteiger partial charge in [0.25, 0.3) is 0 Å². The zero-order valence-corrected chi connectivity index (χ0v) is 23.3. The van der Waals surface area contributed by atoms with Gasteiger partial charge in [-0.3, -0.25) is 9.78 Å². The molecule has 9 heteroatoms. The number of halogens is 1. The average molecular weight is 553 g/mol. The molecule has 2 saturated heterocycles. The van der Waals surface area contributed by atoms with Gasteiger partial charge in [-0.2, -0.15) is 4.31 Å². The van der Waals surface area contributed by atoms with Crippen LogP contribution in [0, 0.1) is 19.8 Å². The van der Waals surface area contributed by atoms with Crippen molar-refractivity contribution in [3.05, 3.63) is 88.7 Å². The predicted molar refractivity (Wildman–Crippen MR) is 150 cm³/mol. The molecule has 7 nitrogen and oxygen atoms in total. The third-order valence-corrected chi connectivity index (χ3v) is 9.94. The van der Waals surface area contributed by atoms with Crippen LogP contribution in [-0.4, -0.2) is 67.8 Å². The molecule has 3 heterocycles. The molecule has 5 rings (SSSR count). The SMILES string of the molecule is Cc1ccccc1[C@H]1CCN(S(=O)(=O)c2cccnc2)C[C@H]1C(=O)N1CCN(c2cc(Cl)ccc2C)CC1. The fourth-order valence-corrected chi connectivity index (χ4v) is 7.35. The first-order chi connectivity index (χ1) is 18.3. The third-order valence-electron chi connectivity index (χ3n) is 7.86. The smallest absolute Gasteiger partial charge is 0.244 e. The number of sulfonamides is 1. The molecule has 2 aromatic carbocycles. The van der Waals surface area contributed by atoms with Crippen LogP contribution in [0.4, 0.5) is 5.69 Å². The van der Waals surface area contributed by atoms with Gasteiger partial charge >= 0.3 is 0 Å². The molecule has 0 aliphatic carbocycles. The fraction of sp³-hybridized carbons (Fsp3) is 0.379. The van der Waals surface area contributed by atoms with Crippen LogP contribution >= 0.6 is 11.6 Å². The van der Waals surface area contributed by atoms with Gasteiger partial charge in [-0.15, -0.1) is 0 Å². The van der Waals surface area contributed by atoms with Gasteiger partial charge < -0.3 is 9.80 Å². The van der Waals surface area contributed by atoms with Crippen molar-refractivity contribution in [2.24, 2.45) is 5.92 Å². The molecule has 2 aliphatic heterocycles. The zero-order chi connectivity index (χ0) is 26.9. The van der Waals surface area contributed by atoms with E-state index in [1.165, 1.54) is 10.5 Å². The number of piperidine rings is 1. The van der Waals surface area contributed by atoms with Crippen LogP contribution in [-0.2, 0) is 14.8 Å². The number of hydrogen-bond donors (Lipinski definition) is 0. The molecule has 2 fully saturated rings. The number of amides is 1. The number of nitrogens with zero attached hydrogens (tertiary/aromatic N) is 4. The number of piperazine rings is 1. The first kappa shape index (κ1) is 26.7. The molecule has 0 saturated carbocycles. The largest absolute Gasteiger partial charge is 0.368 e. The highest BCUT2D eigenvalue weighted by Gasteiger charge is 2.42. The molecule has 3 aromatic rings. The van der Waals surface area contributed by atoms with Crippen molar-refractivity contribution >= 4 is 33.2 Å². The van der Waals surface area contributed by atoms with Gasteiger partial charge in [0, 0.05) is 62.4 Å². The van der Waals surface area contributed by atoms with Crippen molar-refractivity contribution in [1.29, 1.82) is 0 Å². The van der Waals surface area contributed by atoms with Gasteiger partial charge in [0.2, 0.25) is 15.9 Å². The van der Waals surface area contributed by atoms with Gasteiger partial charge in [0.15, 0.2) is 0 Å². The van der Waals surface area contributed by atoms with Crippen LogP contribution in [0.15, 0.2) is 71.9 Å². The number of aryl methyl sites for hydroxylation is 2. The summed E-state index contributed by atoms with van der Waals surface area (Å²) in [6, 6.07) is 17.2. The second-order valence-corrected chi connectivity index (χ2v) is 12.5. The Morgan fingerprint density at radius 3 is 2.42 bits per heavy atom. The van der Waals surface area contributed by atoms with Crippen molar-refractivity contribution in [3.63, 3.8) is 0 Å². The summed E-state index contributed by atoms with van der Waals surface area (Å²) in [4.78, 5) is 22.4. The molecule has 1 amide bonds. The molecular formula is C29H33ClN4O3S. The predicted octanol–water partition coefficient (Wildman–Crippen LogP) is 4.50. The van der Waals surface area contributed by atoms with Crippen molar-refractivity contribution in [2.45, 2.75) is 31.1 Å². The maximum atomic E-state index is 14.1. The monoisotopic (exact) mass is 552 g/mol. The van der Waals surface area contributed by atoms with Gasteiger partial charge in [0.05, 0.1) is 5.92 Å². The van der Waals surface area contributed by atoms with Crippen LogP contribution in [0.3, 0.4) is 0 Å². The molecule has 0 spiro atoms. The van der Waals surface area contributed by atoms with Crippen molar-refractivity contribution < 1.29 is 13.2 Å². The van der Waals surface area contributed by atoms with Crippen molar-refractivity contribution in [2.75, 3.05) is 44.2 Å². The summed E-state index contributed by atoms with van der Waals surface area (Å²) in [6.07, 6.45) is 3.51. The Hall–Kier alpha value is -2.94.